The molecule has 2 rings (SSSR count). The van der Waals surface area contributed by atoms with Gasteiger partial charge in [-0.1, -0.05) is 12.1 Å². The summed E-state index contributed by atoms with van der Waals surface area (Å²) < 4.78 is 37.8. The van der Waals surface area contributed by atoms with Crippen LogP contribution < -0.4 is 5.32 Å². The zero-order chi connectivity index (χ0) is 13.3. The largest absolute Gasteiger partial charge is 0.416 e. The van der Waals surface area contributed by atoms with Crippen molar-refractivity contribution < 1.29 is 18.4 Å². The van der Waals surface area contributed by atoms with E-state index in [9.17, 15) is 13.2 Å². The van der Waals surface area contributed by atoms with Gasteiger partial charge in [0, 0.05) is 23.7 Å². The van der Waals surface area contributed by atoms with Crippen molar-refractivity contribution in [2.45, 2.75) is 32.0 Å². The van der Waals surface area contributed by atoms with Crippen molar-refractivity contribution in [1.29, 1.82) is 0 Å². The molecule has 0 saturated heterocycles. The van der Waals surface area contributed by atoms with Crippen molar-refractivity contribution in [3.8, 4) is 0 Å². The highest BCUT2D eigenvalue weighted by Gasteiger charge is 2.32. The number of hydrogen-bond donors (Lipinski definition) is 2. The lowest BCUT2D eigenvalue weighted by atomic mass is 9.93. The number of nitrogens with one attached hydrogen (secondary N) is 1. The minimum atomic E-state index is -4.39. The van der Waals surface area contributed by atoms with E-state index in [0.29, 0.717) is 23.4 Å². The average Bonchev–Trinajstić information content (AvgIpc) is 2.35. The van der Waals surface area contributed by atoms with Crippen LogP contribution in [-0.4, -0.2) is 17.0 Å². The molecule has 1 aromatic carbocycles. The van der Waals surface area contributed by atoms with Crippen molar-refractivity contribution in [3.63, 3.8) is 0 Å². The van der Waals surface area contributed by atoms with Gasteiger partial charge in [0.05, 0.1) is 11.3 Å². The second-order valence-corrected chi connectivity index (χ2v) is 4.26. The third-order valence-electron chi connectivity index (χ3n) is 3.07. The summed E-state index contributed by atoms with van der Waals surface area (Å²) in [4.78, 5) is 0. The predicted molar refractivity (Wildman–Crippen MR) is 62.1 cm³/mol. The summed E-state index contributed by atoms with van der Waals surface area (Å²) in [7, 11) is 0. The lowest BCUT2D eigenvalue weighted by Gasteiger charge is -2.27. The Balaban J connectivity index is 2.46. The van der Waals surface area contributed by atoms with Crippen LogP contribution in [0.25, 0.3) is 0 Å². The summed E-state index contributed by atoms with van der Waals surface area (Å²) in [6, 6.07) is 3.51. The molecule has 0 radical (unpaired) electrons. The molecule has 18 heavy (non-hydrogen) atoms. The van der Waals surface area contributed by atoms with Crippen molar-refractivity contribution in [2.24, 2.45) is 5.16 Å². The van der Waals surface area contributed by atoms with Crippen molar-refractivity contribution in [1.82, 2.24) is 0 Å². The molecule has 1 aromatic rings. The average molecular weight is 258 g/mol. The Kier molecular flexibility index (Phi) is 3.19. The van der Waals surface area contributed by atoms with Crippen molar-refractivity contribution in [3.05, 3.63) is 29.3 Å². The van der Waals surface area contributed by atoms with Crippen LogP contribution in [0.4, 0.5) is 18.9 Å². The molecule has 1 aliphatic rings. The normalized spacial score (nSPS) is 21.6. The number of halogens is 3. The fourth-order valence-electron chi connectivity index (χ4n) is 2.04. The van der Waals surface area contributed by atoms with Crippen LogP contribution in [0.15, 0.2) is 23.4 Å². The molecule has 0 fully saturated rings. The lowest BCUT2D eigenvalue weighted by molar-refractivity contribution is -0.137. The first kappa shape index (κ1) is 12.7. The van der Waals surface area contributed by atoms with Gasteiger partial charge in [0.15, 0.2) is 0 Å². The Morgan fingerprint density at radius 2 is 2.17 bits per heavy atom. The number of anilines is 1. The lowest BCUT2D eigenvalue weighted by Crippen LogP contribution is -2.29. The van der Waals surface area contributed by atoms with Crippen LogP contribution in [0.5, 0.6) is 0 Å². The van der Waals surface area contributed by atoms with Gasteiger partial charge in [0.2, 0.25) is 0 Å². The predicted octanol–water partition coefficient (Wildman–Crippen LogP) is 3.48. The molecule has 2 N–H and O–H groups in total. The minimum Gasteiger partial charge on any atom is -0.411 e. The van der Waals surface area contributed by atoms with E-state index in [4.69, 9.17) is 5.21 Å². The van der Waals surface area contributed by atoms with E-state index < -0.39 is 11.7 Å². The smallest absolute Gasteiger partial charge is 0.411 e. The molecule has 0 bridgehead atoms. The molecule has 0 unspecified atom stereocenters. The monoisotopic (exact) mass is 258 g/mol. The molecule has 1 atom stereocenters. The highest BCUT2D eigenvalue weighted by molar-refractivity contribution is 6.07. The molecule has 0 aromatic heterocycles. The van der Waals surface area contributed by atoms with E-state index in [1.165, 1.54) is 6.07 Å². The molecule has 6 heteroatoms. The van der Waals surface area contributed by atoms with Crippen LogP contribution in [-0.2, 0) is 6.18 Å². The molecule has 1 aliphatic heterocycles. The summed E-state index contributed by atoms with van der Waals surface area (Å²) in [6.45, 7) is 1.96. The molecular weight excluding hydrogens is 245 g/mol. The van der Waals surface area contributed by atoms with Gasteiger partial charge in [0.25, 0.3) is 0 Å². The van der Waals surface area contributed by atoms with Gasteiger partial charge in [-0.05, 0) is 24.6 Å². The third kappa shape index (κ3) is 2.27. The summed E-state index contributed by atoms with van der Waals surface area (Å²) in [6.07, 6.45) is -3.17. The van der Waals surface area contributed by atoms with Gasteiger partial charge >= 0.3 is 6.18 Å². The SMILES string of the molecule is CC[C@@H]1C/C(=N\O)c2cc(C(F)(F)F)ccc2N1. The van der Waals surface area contributed by atoms with Crippen LogP contribution >= 0.6 is 0 Å². The molecule has 98 valence electrons. The van der Waals surface area contributed by atoms with Gasteiger partial charge < -0.3 is 10.5 Å². The second kappa shape index (κ2) is 4.51. The molecule has 0 aliphatic carbocycles. The molecule has 0 saturated carbocycles. The van der Waals surface area contributed by atoms with E-state index in [-0.39, 0.29) is 6.04 Å². The highest BCUT2D eigenvalue weighted by Crippen LogP contribution is 2.34. The fourth-order valence-corrected chi connectivity index (χ4v) is 2.04. The van der Waals surface area contributed by atoms with Crippen molar-refractivity contribution >= 4 is 11.4 Å². The third-order valence-corrected chi connectivity index (χ3v) is 3.07. The van der Waals surface area contributed by atoms with Crippen LogP contribution in [0.3, 0.4) is 0 Å². The van der Waals surface area contributed by atoms with Gasteiger partial charge in [-0.15, -0.1) is 0 Å². The van der Waals surface area contributed by atoms with Gasteiger partial charge in [-0.2, -0.15) is 13.2 Å². The van der Waals surface area contributed by atoms with E-state index >= 15 is 0 Å². The van der Waals surface area contributed by atoms with E-state index in [0.717, 1.165) is 18.6 Å². The molecule has 3 nitrogen and oxygen atoms in total. The standard InChI is InChI=1S/C12H13F3N2O/c1-2-8-6-11(17-18)9-5-7(12(13,14)15)3-4-10(9)16-8/h3-5,8,16,18H,2,6H2,1H3/b17-11+/t8-/m1/s1. The Labute approximate surface area is 102 Å². The summed E-state index contributed by atoms with van der Waals surface area (Å²) >= 11 is 0. The number of nitrogens with zero attached hydrogens (tertiary/aromatic N) is 1. The topological polar surface area (TPSA) is 44.6 Å². The fraction of sp³-hybridized carbons (Fsp3) is 0.417. The van der Waals surface area contributed by atoms with E-state index in [2.05, 4.69) is 10.5 Å². The first-order chi connectivity index (χ1) is 8.45. The van der Waals surface area contributed by atoms with Gasteiger partial charge in [-0.3, -0.25) is 0 Å². The van der Waals surface area contributed by atoms with Gasteiger partial charge in [-0.25, -0.2) is 0 Å². The Hall–Kier alpha value is -1.72. The first-order valence-electron chi connectivity index (χ1n) is 5.64. The minimum absolute atomic E-state index is 0.0835. The summed E-state index contributed by atoms with van der Waals surface area (Å²) in [5.41, 5.74) is 0.451. The number of benzene rings is 1. The maximum absolute atomic E-state index is 12.6. The zero-order valence-electron chi connectivity index (χ0n) is 9.75. The van der Waals surface area contributed by atoms with Crippen molar-refractivity contribution in [2.75, 3.05) is 5.32 Å². The van der Waals surface area contributed by atoms with Crippen LogP contribution in [0.1, 0.15) is 30.9 Å². The maximum Gasteiger partial charge on any atom is 0.416 e. The highest BCUT2D eigenvalue weighted by atomic mass is 19.4. The van der Waals surface area contributed by atoms with Gasteiger partial charge in [0.1, 0.15) is 0 Å². The number of oxime groups is 1. The number of alkyl halides is 3. The van der Waals surface area contributed by atoms with Crippen LogP contribution in [0.2, 0.25) is 0 Å². The van der Waals surface area contributed by atoms with E-state index in [1.54, 1.807) is 0 Å². The van der Waals surface area contributed by atoms with E-state index in [1.807, 2.05) is 6.92 Å². The molecule has 0 amide bonds. The molecule has 1 heterocycles. The number of rotatable bonds is 1. The Morgan fingerprint density at radius 3 is 2.72 bits per heavy atom. The first-order valence-corrected chi connectivity index (χ1v) is 5.64. The van der Waals surface area contributed by atoms with Crippen LogP contribution in [0, 0.1) is 0 Å². The second-order valence-electron chi connectivity index (χ2n) is 4.26. The number of fused-ring (bicyclic) bond motifs is 1. The number of hydrogen-bond acceptors (Lipinski definition) is 3. The summed E-state index contributed by atoms with van der Waals surface area (Å²) in [5.74, 6) is 0. The zero-order valence-corrected chi connectivity index (χ0v) is 9.75. The Morgan fingerprint density at radius 1 is 1.44 bits per heavy atom. The molecule has 0 spiro atoms. The Bertz CT molecular complexity index is 483. The summed E-state index contributed by atoms with van der Waals surface area (Å²) in [5, 5.41) is 15.2. The molecular formula is C12H13F3N2O. The maximum atomic E-state index is 12.6. The quantitative estimate of drug-likeness (QED) is 0.598.